The topological polar surface area (TPSA) is 93.4 Å². The van der Waals surface area contributed by atoms with Crippen LogP contribution in [0, 0.1) is 0 Å². The Morgan fingerprint density at radius 3 is 2.55 bits per heavy atom. The molecule has 0 fully saturated rings. The van der Waals surface area contributed by atoms with Gasteiger partial charge in [0, 0.05) is 19.1 Å². The summed E-state index contributed by atoms with van der Waals surface area (Å²) < 4.78 is 4.80. The van der Waals surface area contributed by atoms with Gasteiger partial charge in [-0.15, -0.1) is 12.4 Å². The minimum Gasteiger partial charge on any atom is -0.383 e. The van der Waals surface area contributed by atoms with Gasteiger partial charge in [0.25, 0.3) is 0 Å². The Hall–Kier alpha value is -1.34. The maximum absolute atomic E-state index is 11.8. The number of rotatable bonds is 5. The van der Waals surface area contributed by atoms with E-state index in [1.54, 1.807) is 18.2 Å². The van der Waals surface area contributed by atoms with Crippen LogP contribution in [0.1, 0.15) is 6.92 Å². The zero-order chi connectivity index (χ0) is 14.4. The molecule has 20 heavy (non-hydrogen) atoms. The summed E-state index contributed by atoms with van der Waals surface area (Å²) in [4.78, 5) is 22.9. The second-order valence-corrected chi connectivity index (χ2v) is 4.36. The zero-order valence-corrected chi connectivity index (χ0v) is 12.7. The van der Waals surface area contributed by atoms with Gasteiger partial charge in [0.2, 0.25) is 11.8 Å². The molecule has 1 atom stereocenters. The summed E-state index contributed by atoms with van der Waals surface area (Å²) in [6, 6.07) is 3.95. The molecule has 0 aliphatic rings. The number of methoxy groups -OCH3 is 1. The van der Waals surface area contributed by atoms with Crippen molar-refractivity contribution in [2.45, 2.75) is 13.0 Å². The van der Waals surface area contributed by atoms with Crippen molar-refractivity contribution in [1.82, 2.24) is 0 Å². The molecular weight excluding hydrogens is 305 g/mol. The SMILES string of the molecule is COCC(N)C(=O)Nc1ccc(Cl)cc1NC(C)=O.Cl. The number of carbonyl (C=O) groups is 2. The Morgan fingerprint density at radius 1 is 1.35 bits per heavy atom. The van der Waals surface area contributed by atoms with E-state index in [-0.39, 0.29) is 24.9 Å². The van der Waals surface area contributed by atoms with Gasteiger partial charge in [-0.2, -0.15) is 0 Å². The van der Waals surface area contributed by atoms with Gasteiger partial charge in [-0.3, -0.25) is 9.59 Å². The van der Waals surface area contributed by atoms with E-state index >= 15 is 0 Å². The molecule has 0 aliphatic heterocycles. The molecule has 4 N–H and O–H groups in total. The fourth-order valence-electron chi connectivity index (χ4n) is 1.40. The van der Waals surface area contributed by atoms with Crippen molar-refractivity contribution in [3.05, 3.63) is 23.2 Å². The fraction of sp³-hybridized carbons (Fsp3) is 0.333. The monoisotopic (exact) mass is 321 g/mol. The van der Waals surface area contributed by atoms with E-state index in [0.717, 1.165) is 0 Å². The third-order valence-corrected chi connectivity index (χ3v) is 2.47. The molecule has 0 saturated carbocycles. The van der Waals surface area contributed by atoms with Gasteiger partial charge in [0.1, 0.15) is 6.04 Å². The van der Waals surface area contributed by atoms with Crippen molar-refractivity contribution >= 4 is 47.2 Å². The first-order valence-corrected chi connectivity index (χ1v) is 5.94. The van der Waals surface area contributed by atoms with Crippen molar-refractivity contribution in [3.63, 3.8) is 0 Å². The maximum Gasteiger partial charge on any atom is 0.243 e. The van der Waals surface area contributed by atoms with Gasteiger partial charge in [-0.1, -0.05) is 11.6 Å². The Labute approximate surface area is 128 Å². The Kier molecular flexibility index (Phi) is 8.17. The lowest BCUT2D eigenvalue weighted by Gasteiger charge is -2.14. The van der Waals surface area contributed by atoms with Crippen LogP contribution in [0.4, 0.5) is 11.4 Å². The molecule has 1 rings (SSSR count). The van der Waals surface area contributed by atoms with Gasteiger partial charge in [0.05, 0.1) is 18.0 Å². The normalized spacial score (nSPS) is 11.2. The van der Waals surface area contributed by atoms with Gasteiger partial charge in [-0.25, -0.2) is 0 Å². The molecule has 1 aromatic rings. The van der Waals surface area contributed by atoms with Gasteiger partial charge >= 0.3 is 0 Å². The summed E-state index contributed by atoms with van der Waals surface area (Å²) in [5, 5.41) is 5.64. The Bertz CT molecular complexity index is 483. The molecule has 6 nitrogen and oxygen atoms in total. The number of amides is 2. The third-order valence-electron chi connectivity index (χ3n) is 2.23. The second kappa shape index (κ2) is 8.76. The van der Waals surface area contributed by atoms with E-state index in [4.69, 9.17) is 22.1 Å². The predicted molar refractivity (Wildman–Crippen MR) is 81.5 cm³/mol. The largest absolute Gasteiger partial charge is 0.383 e. The summed E-state index contributed by atoms with van der Waals surface area (Å²) >= 11 is 5.84. The number of carbonyl (C=O) groups excluding carboxylic acids is 2. The molecule has 112 valence electrons. The summed E-state index contributed by atoms with van der Waals surface area (Å²) in [6.45, 7) is 1.47. The number of anilines is 2. The Morgan fingerprint density at radius 2 is 2.00 bits per heavy atom. The van der Waals surface area contributed by atoms with Crippen LogP contribution >= 0.6 is 24.0 Å². The lowest BCUT2D eigenvalue weighted by Crippen LogP contribution is -2.39. The van der Waals surface area contributed by atoms with Crippen LogP contribution in [0.5, 0.6) is 0 Å². The van der Waals surface area contributed by atoms with Crippen molar-refractivity contribution in [2.24, 2.45) is 5.73 Å². The van der Waals surface area contributed by atoms with E-state index < -0.39 is 11.9 Å². The number of hydrogen-bond donors (Lipinski definition) is 3. The fourth-order valence-corrected chi connectivity index (χ4v) is 1.57. The molecule has 0 aromatic heterocycles. The average Bonchev–Trinajstić information content (AvgIpc) is 2.32. The number of hydrogen-bond acceptors (Lipinski definition) is 4. The maximum atomic E-state index is 11.8. The van der Waals surface area contributed by atoms with Crippen LogP contribution in [-0.4, -0.2) is 31.6 Å². The van der Waals surface area contributed by atoms with Crippen LogP contribution in [0.3, 0.4) is 0 Å². The molecule has 1 unspecified atom stereocenters. The highest BCUT2D eigenvalue weighted by atomic mass is 35.5. The lowest BCUT2D eigenvalue weighted by molar-refractivity contribution is -0.118. The number of benzene rings is 1. The molecule has 0 aliphatic carbocycles. The first kappa shape index (κ1) is 18.7. The Balaban J connectivity index is 0.00000361. The van der Waals surface area contributed by atoms with Crippen LogP contribution in [0.15, 0.2) is 18.2 Å². The summed E-state index contributed by atoms with van der Waals surface area (Å²) in [5.41, 5.74) is 6.45. The van der Waals surface area contributed by atoms with E-state index in [1.807, 2.05) is 0 Å². The molecule has 8 heteroatoms. The van der Waals surface area contributed by atoms with E-state index in [1.165, 1.54) is 14.0 Å². The second-order valence-electron chi connectivity index (χ2n) is 3.92. The molecular formula is C12H17Cl2N3O3. The van der Waals surface area contributed by atoms with E-state index in [9.17, 15) is 9.59 Å². The van der Waals surface area contributed by atoms with Crippen molar-refractivity contribution < 1.29 is 14.3 Å². The molecule has 0 spiro atoms. The zero-order valence-electron chi connectivity index (χ0n) is 11.1. The highest BCUT2D eigenvalue weighted by Gasteiger charge is 2.15. The smallest absolute Gasteiger partial charge is 0.243 e. The van der Waals surface area contributed by atoms with E-state index in [0.29, 0.717) is 16.4 Å². The first-order chi connectivity index (χ1) is 8.93. The number of ether oxygens (including phenoxy) is 1. The molecule has 2 amide bonds. The molecule has 1 aromatic carbocycles. The minimum atomic E-state index is -0.786. The molecule has 0 saturated heterocycles. The summed E-state index contributed by atoms with van der Waals surface area (Å²) in [6.07, 6.45) is 0. The lowest BCUT2D eigenvalue weighted by atomic mass is 10.2. The molecule has 0 bridgehead atoms. The first-order valence-electron chi connectivity index (χ1n) is 5.56. The number of nitrogens with two attached hydrogens (primary N) is 1. The third kappa shape index (κ3) is 5.75. The predicted octanol–water partition coefficient (Wildman–Crippen LogP) is 1.63. The number of nitrogens with one attached hydrogen (secondary N) is 2. The van der Waals surface area contributed by atoms with Crippen molar-refractivity contribution in [1.29, 1.82) is 0 Å². The quantitative estimate of drug-likeness (QED) is 0.768. The minimum absolute atomic E-state index is 0. The van der Waals surface area contributed by atoms with E-state index in [2.05, 4.69) is 10.6 Å². The van der Waals surface area contributed by atoms with Crippen LogP contribution in [-0.2, 0) is 14.3 Å². The van der Waals surface area contributed by atoms with Crippen LogP contribution in [0.2, 0.25) is 5.02 Å². The van der Waals surface area contributed by atoms with Gasteiger partial charge in [-0.05, 0) is 18.2 Å². The van der Waals surface area contributed by atoms with Crippen molar-refractivity contribution in [3.8, 4) is 0 Å². The van der Waals surface area contributed by atoms with Crippen LogP contribution < -0.4 is 16.4 Å². The molecule has 0 radical (unpaired) electrons. The van der Waals surface area contributed by atoms with Gasteiger partial charge in [0.15, 0.2) is 0 Å². The van der Waals surface area contributed by atoms with Crippen molar-refractivity contribution in [2.75, 3.05) is 24.4 Å². The highest BCUT2D eigenvalue weighted by Crippen LogP contribution is 2.25. The van der Waals surface area contributed by atoms with Crippen LogP contribution in [0.25, 0.3) is 0 Å². The molecule has 0 heterocycles. The summed E-state index contributed by atoms with van der Waals surface area (Å²) in [5.74, 6) is -0.672. The average molecular weight is 322 g/mol. The highest BCUT2D eigenvalue weighted by molar-refractivity contribution is 6.31. The standard InChI is InChI=1S/C12H16ClN3O3.ClH/c1-7(17)15-11-5-8(13)3-4-10(11)16-12(18)9(14)6-19-2;/h3-5,9H,6,14H2,1-2H3,(H,15,17)(H,16,18);1H. The van der Waals surface area contributed by atoms with Gasteiger partial charge < -0.3 is 21.1 Å². The summed E-state index contributed by atoms with van der Waals surface area (Å²) in [7, 11) is 1.46. The number of halogens is 2.